The number of carbonyl (C=O) groups excluding carboxylic acids is 1. The molecule has 1 atom stereocenters. The van der Waals surface area contributed by atoms with Crippen molar-refractivity contribution in [1.82, 2.24) is 20.2 Å². The van der Waals surface area contributed by atoms with Crippen LogP contribution in [0.2, 0.25) is 0 Å². The average Bonchev–Trinajstić information content (AvgIpc) is 3.32. The number of amides is 1. The Labute approximate surface area is 151 Å². The van der Waals surface area contributed by atoms with E-state index in [2.05, 4.69) is 20.2 Å². The number of ether oxygens (including phenoxy) is 1. The molecule has 138 valence electrons. The van der Waals surface area contributed by atoms with Crippen molar-refractivity contribution in [3.05, 3.63) is 22.1 Å². The first-order chi connectivity index (χ1) is 12.0. The van der Waals surface area contributed by atoms with Crippen molar-refractivity contribution < 1.29 is 9.53 Å². The van der Waals surface area contributed by atoms with E-state index in [1.807, 2.05) is 6.92 Å². The Balaban J connectivity index is 1.47. The lowest BCUT2D eigenvalue weighted by atomic mass is 10.1. The van der Waals surface area contributed by atoms with Crippen LogP contribution in [0.5, 0.6) is 0 Å². The summed E-state index contributed by atoms with van der Waals surface area (Å²) in [6.45, 7) is 8.92. The number of aryl methyl sites for hydroxylation is 1. The summed E-state index contributed by atoms with van der Waals surface area (Å²) in [5.74, 6) is -0.0117. The van der Waals surface area contributed by atoms with Crippen LogP contribution in [0.15, 0.2) is 16.0 Å². The third-order valence-electron chi connectivity index (χ3n) is 4.76. The van der Waals surface area contributed by atoms with Crippen molar-refractivity contribution >= 4 is 17.7 Å². The third kappa shape index (κ3) is 5.29. The Morgan fingerprint density at radius 2 is 2.20 bits per heavy atom. The second-order valence-electron chi connectivity index (χ2n) is 7.06. The van der Waals surface area contributed by atoms with Crippen LogP contribution in [0.1, 0.15) is 25.5 Å². The van der Waals surface area contributed by atoms with Gasteiger partial charge in [-0.3, -0.25) is 14.5 Å². The molecule has 1 aromatic heterocycles. The van der Waals surface area contributed by atoms with Crippen LogP contribution in [0.3, 0.4) is 0 Å². The lowest BCUT2D eigenvalue weighted by Gasteiger charge is -2.30. The smallest absolute Gasteiger partial charge is 0.251 e. The molecule has 0 radical (unpaired) electrons. The van der Waals surface area contributed by atoms with E-state index in [9.17, 15) is 9.59 Å². The lowest BCUT2D eigenvalue weighted by Crippen LogP contribution is -2.44. The van der Waals surface area contributed by atoms with Crippen LogP contribution in [-0.4, -0.2) is 65.4 Å². The summed E-state index contributed by atoms with van der Waals surface area (Å²) < 4.78 is 5.39. The molecular formula is C17H26N4O3S. The van der Waals surface area contributed by atoms with E-state index in [0.29, 0.717) is 17.4 Å². The maximum absolute atomic E-state index is 12.4. The monoisotopic (exact) mass is 366 g/mol. The van der Waals surface area contributed by atoms with E-state index in [-0.39, 0.29) is 22.1 Å². The Morgan fingerprint density at radius 1 is 1.48 bits per heavy atom. The van der Waals surface area contributed by atoms with Gasteiger partial charge in [-0.1, -0.05) is 11.8 Å². The molecule has 1 unspecified atom stereocenters. The van der Waals surface area contributed by atoms with Crippen molar-refractivity contribution in [2.75, 3.05) is 39.4 Å². The Morgan fingerprint density at radius 3 is 2.84 bits per heavy atom. The normalized spacial score (nSPS) is 20.9. The van der Waals surface area contributed by atoms with Gasteiger partial charge in [-0.2, -0.15) is 0 Å². The van der Waals surface area contributed by atoms with Gasteiger partial charge in [0.1, 0.15) is 0 Å². The molecule has 3 rings (SSSR count). The molecule has 2 aliphatic rings. The van der Waals surface area contributed by atoms with E-state index >= 15 is 0 Å². The van der Waals surface area contributed by atoms with Gasteiger partial charge in [-0.15, -0.1) is 0 Å². The van der Waals surface area contributed by atoms with Crippen molar-refractivity contribution in [2.24, 2.45) is 5.41 Å². The number of aromatic nitrogens is 2. The summed E-state index contributed by atoms with van der Waals surface area (Å²) in [7, 11) is 0. The van der Waals surface area contributed by atoms with E-state index in [1.165, 1.54) is 30.7 Å². The van der Waals surface area contributed by atoms with E-state index in [1.54, 1.807) is 6.92 Å². The second-order valence-corrected chi connectivity index (χ2v) is 8.39. The number of hydrogen-bond acceptors (Lipinski definition) is 6. The molecule has 1 aliphatic carbocycles. The van der Waals surface area contributed by atoms with Crippen LogP contribution in [0.25, 0.3) is 0 Å². The van der Waals surface area contributed by atoms with Gasteiger partial charge in [0.2, 0.25) is 5.91 Å². The molecule has 0 spiro atoms. The van der Waals surface area contributed by atoms with Crippen LogP contribution in [0, 0.1) is 12.3 Å². The number of rotatable bonds is 7. The van der Waals surface area contributed by atoms with Gasteiger partial charge in [0.25, 0.3) is 5.56 Å². The van der Waals surface area contributed by atoms with Gasteiger partial charge in [0, 0.05) is 43.4 Å². The molecule has 2 N–H and O–H groups in total. The number of aromatic amines is 1. The van der Waals surface area contributed by atoms with Crippen molar-refractivity contribution in [2.45, 2.75) is 37.1 Å². The van der Waals surface area contributed by atoms with Gasteiger partial charge >= 0.3 is 0 Å². The lowest BCUT2D eigenvalue weighted by molar-refractivity contribution is -0.120. The molecule has 1 aliphatic heterocycles. The summed E-state index contributed by atoms with van der Waals surface area (Å²) in [5.41, 5.74) is 0.694. The molecule has 1 saturated carbocycles. The predicted molar refractivity (Wildman–Crippen MR) is 96.8 cm³/mol. The predicted octanol–water partition coefficient (Wildman–Crippen LogP) is 0.788. The summed E-state index contributed by atoms with van der Waals surface area (Å²) >= 11 is 1.28. The minimum absolute atomic E-state index is 0.0117. The molecule has 0 bridgehead atoms. The second kappa shape index (κ2) is 7.88. The summed E-state index contributed by atoms with van der Waals surface area (Å²) in [6, 6.07) is 1.44. The fraction of sp³-hybridized carbons (Fsp3) is 0.706. The number of nitrogens with zero attached hydrogens (tertiary/aromatic N) is 2. The molecule has 7 nitrogen and oxygen atoms in total. The fourth-order valence-electron chi connectivity index (χ4n) is 3.05. The van der Waals surface area contributed by atoms with E-state index in [0.717, 1.165) is 32.8 Å². The van der Waals surface area contributed by atoms with Crippen LogP contribution < -0.4 is 10.9 Å². The highest BCUT2D eigenvalue weighted by atomic mass is 32.2. The Hall–Kier alpha value is -1.38. The molecule has 2 heterocycles. The first kappa shape index (κ1) is 18.4. The number of carbonyl (C=O) groups is 1. The molecule has 1 saturated heterocycles. The quantitative estimate of drug-likeness (QED) is 0.548. The zero-order chi connectivity index (χ0) is 17.9. The topological polar surface area (TPSA) is 87.3 Å². The SMILES string of the molecule is Cc1cc(=O)[nH]c(SC(C)C(=O)NCC2(CN3CCOCC3)CC2)n1. The minimum Gasteiger partial charge on any atom is -0.379 e. The number of nitrogens with one attached hydrogen (secondary N) is 2. The van der Waals surface area contributed by atoms with Crippen LogP contribution in [-0.2, 0) is 9.53 Å². The summed E-state index contributed by atoms with van der Waals surface area (Å²) in [4.78, 5) is 33.3. The highest BCUT2D eigenvalue weighted by molar-refractivity contribution is 8.00. The summed E-state index contributed by atoms with van der Waals surface area (Å²) in [6.07, 6.45) is 2.33. The first-order valence-corrected chi connectivity index (χ1v) is 9.66. The van der Waals surface area contributed by atoms with Crippen LogP contribution in [0.4, 0.5) is 0 Å². The number of hydrogen-bond donors (Lipinski definition) is 2. The summed E-state index contributed by atoms with van der Waals surface area (Å²) in [5, 5.41) is 3.27. The average molecular weight is 366 g/mol. The standard InChI is InChI=1S/C17H26N4O3S/c1-12-9-14(22)20-16(19-12)25-13(2)15(23)18-10-17(3-4-17)11-21-5-7-24-8-6-21/h9,13H,3-8,10-11H2,1-2H3,(H,18,23)(H,19,20,22). The van der Waals surface area contributed by atoms with Crippen molar-refractivity contribution in [3.63, 3.8) is 0 Å². The minimum atomic E-state index is -0.302. The molecule has 8 heteroatoms. The molecule has 0 aromatic carbocycles. The highest BCUT2D eigenvalue weighted by Crippen LogP contribution is 2.45. The molecule has 2 fully saturated rings. The number of morpholine rings is 1. The molecular weight excluding hydrogens is 340 g/mol. The van der Waals surface area contributed by atoms with Gasteiger partial charge in [0.05, 0.1) is 18.5 Å². The Bertz CT molecular complexity index is 668. The van der Waals surface area contributed by atoms with Gasteiger partial charge in [0.15, 0.2) is 5.16 Å². The number of thioether (sulfide) groups is 1. The van der Waals surface area contributed by atoms with Crippen molar-refractivity contribution in [1.29, 1.82) is 0 Å². The molecule has 25 heavy (non-hydrogen) atoms. The van der Waals surface area contributed by atoms with Gasteiger partial charge in [-0.05, 0) is 26.7 Å². The molecule has 1 amide bonds. The maximum atomic E-state index is 12.4. The van der Waals surface area contributed by atoms with Crippen molar-refractivity contribution in [3.8, 4) is 0 Å². The first-order valence-electron chi connectivity index (χ1n) is 8.78. The fourth-order valence-corrected chi connectivity index (χ4v) is 3.93. The zero-order valence-corrected chi connectivity index (χ0v) is 15.7. The zero-order valence-electron chi connectivity index (χ0n) is 14.8. The van der Waals surface area contributed by atoms with E-state index in [4.69, 9.17) is 4.74 Å². The third-order valence-corrected chi connectivity index (χ3v) is 5.75. The van der Waals surface area contributed by atoms with Gasteiger partial charge in [-0.25, -0.2) is 4.98 Å². The maximum Gasteiger partial charge on any atom is 0.251 e. The molecule has 1 aromatic rings. The largest absolute Gasteiger partial charge is 0.379 e. The Kier molecular flexibility index (Phi) is 5.81. The van der Waals surface area contributed by atoms with Crippen LogP contribution >= 0.6 is 11.8 Å². The van der Waals surface area contributed by atoms with Gasteiger partial charge < -0.3 is 15.0 Å². The van der Waals surface area contributed by atoms with E-state index < -0.39 is 0 Å². The highest BCUT2D eigenvalue weighted by Gasteiger charge is 2.44. The number of H-pyrrole nitrogens is 1.